The van der Waals surface area contributed by atoms with Gasteiger partial charge in [0.15, 0.2) is 6.10 Å². The molecular weight excluding hydrogens is 316 g/mol. The van der Waals surface area contributed by atoms with Gasteiger partial charge in [-0.2, -0.15) is 0 Å². The molecule has 0 radical (unpaired) electrons. The number of amides is 1. The summed E-state index contributed by atoms with van der Waals surface area (Å²) in [6.07, 6.45) is 3.87. The Hall–Kier alpha value is -1.76. The van der Waals surface area contributed by atoms with Gasteiger partial charge >= 0.3 is 0 Å². The van der Waals surface area contributed by atoms with Gasteiger partial charge in [-0.3, -0.25) is 9.10 Å². The third-order valence-corrected chi connectivity index (χ3v) is 5.23. The van der Waals surface area contributed by atoms with Crippen LogP contribution in [0.5, 0.6) is 5.75 Å². The molecule has 0 aromatic heterocycles. The van der Waals surface area contributed by atoms with Gasteiger partial charge in [0, 0.05) is 20.1 Å². The Morgan fingerprint density at radius 3 is 2.26 bits per heavy atom. The lowest BCUT2D eigenvalue weighted by molar-refractivity contribution is -0.138. The molecule has 1 saturated heterocycles. The van der Waals surface area contributed by atoms with Crippen LogP contribution in [0.3, 0.4) is 0 Å². The Labute approximate surface area is 138 Å². The maximum Gasteiger partial charge on any atom is 0.263 e. The van der Waals surface area contributed by atoms with E-state index in [0.717, 1.165) is 32.2 Å². The second-order valence-electron chi connectivity index (χ2n) is 5.87. The largest absolute Gasteiger partial charge is 0.481 e. The van der Waals surface area contributed by atoms with Crippen LogP contribution in [0.15, 0.2) is 24.3 Å². The first-order valence-corrected chi connectivity index (χ1v) is 9.63. The zero-order valence-electron chi connectivity index (χ0n) is 13.9. The Balaban J connectivity index is 1.98. The van der Waals surface area contributed by atoms with E-state index >= 15 is 0 Å². The number of hydrogen-bond donors (Lipinski definition) is 0. The van der Waals surface area contributed by atoms with Crippen molar-refractivity contribution in [3.05, 3.63) is 24.3 Å². The minimum Gasteiger partial charge on any atom is -0.481 e. The fourth-order valence-corrected chi connectivity index (χ4v) is 3.06. The molecule has 0 aliphatic carbocycles. The molecule has 6 nitrogen and oxygen atoms in total. The van der Waals surface area contributed by atoms with Gasteiger partial charge < -0.3 is 9.64 Å². The highest BCUT2D eigenvalue weighted by Crippen LogP contribution is 2.21. The topological polar surface area (TPSA) is 66.9 Å². The summed E-state index contributed by atoms with van der Waals surface area (Å²) >= 11 is 0. The quantitative estimate of drug-likeness (QED) is 0.820. The van der Waals surface area contributed by atoms with Crippen molar-refractivity contribution in [1.82, 2.24) is 4.90 Å². The predicted octanol–water partition coefficient (Wildman–Crippen LogP) is 1.86. The Bertz CT molecular complexity index is 637. The molecule has 2 rings (SSSR count). The van der Waals surface area contributed by atoms with Gasteiger partial charge in [0.1, 0.15) is 5.75 Å². The number of anilines is 1. The van der Waals surface area contributed by atoms with E-state index in [1.807, 2.05) is 4.90 Å². The summed E-state index contributed by atoms with van der Waals surface area (Å²) in [7, 11) is -1.79. The van der Waals surface area contributed by atoms with Crippen LogP contribution in [0.4, 0.5) is 5.69 Å². The average Bonchev–Trinajstić information content (AvgIpc) is 2.54. The zero-order valence-corrected chi connectivity index (χ0v) is 14.7. The summed E-state index contributed by atoms with van der Waals surface area (Å²) in [5, 5.41) is 0. The first-order chi connectivity index (χ1) is 10.8. The molecule has 0 spiro atoms. The molecule has 0 bridgehead atoms. The summed E-state index contributed by atoms with van der Waals surface area (Å²) in [6.45, 7) is 3.34. The van der Waals surface area contributed by atoms with Crippen molar-refractivity contribution in [3.8, 4) is 5.75 Å². The lowest BCUT2D eigenvalue weighted by Crippen LogP contribution is -2.43. The second-order valence-corrected chi connectivity index (χ2v) is 7.88. The number of piperidine rings is 1. The molecule has 0 N–H and O–H groups in total. The van der Waals surface area contributed by atoms with E-state index in [2.05, 4.69) is 0 Å². The van der Waals surface area contributed by atoms with Gasteiger partial charge in [-0.25, -0.2) is 8.42 Å². The maximum atomic E-state index is 12.3. The minimum atomic E-state index is -3.29. The highest BCUT2D eigenvalue weighted by molar-refractivity contribution is 7.92. The number of carbonyl (C=O) groups is 1. The number of likely N-dealkylation sites (tertiary alicyclic amines) is 1. The van der Waals surface area contributed by atoms with E-state index in [-0.39, 0.29) is 5.91 Å². The van der Waals surface area contributed by atoms with Crippen molar-refractivity contribution in [3.63, 3.8) is 0 Å². The standard InChI is InChI=1S/C16H24N2O4S/c1-13(16(19)18-11-5-4-6-12-18)22-15-9-7-14(8-10-15)17(2)23(3,20)21/h7-10,13H,4-6,11-12H2,1-3H3/t13-/m0/s1. The third-order valence-electron chi connectivity index (χ3n) is 4.03. The molecule has 1 atom stereocenters. The maximum absolute atomic E-state index is 12.3. The molecule has 1 aliphatic heterocycles. The molecule has 23 heavy (non-hydrogen) atoms. The van der Waals surface area contributed by atoms with Crippen LogP contribution in [0, 0.1) is 0 Å². The van der Waals surface area contributed by atoms with Crippen LogP contribution in [0.1, 0.15) is 26.2 Å². The molecule has 1 amide bonds. The highest BCUT2D eigenvalue weighted by atomic mass is 32.2. The molecule has 1 aromatic rings. The van der Waals surface area contributed by atoms with E-state index in [0.29, 0.717) is 11.4 Å². The average molecular weight is 340 g/mol. The number of nitrogens with zero attached hydrogens (tertiary/aromatic N) is 2. The van der Waals surface area contributed by atoms with Gasteiger partial charge in [0.05, 0.1) is 11.9 Å². The van der Waals surface area contributed by atoms with Gasteiger partial charge in [0.25, 0.3) is 5.91 Å². The number of rotatable bonds is 5. The number of carbonyl (C=O) groups excluding carboxylic acids is 1. The first kappa shape index (κ1) is 17.6. The van der Waals surface area contributed by atoms with E-state index in [1.54, 1.807) is 31.2 Å². The molecule has 1 aromatic carbocycles. The summed E-state index contributed by atoms with van der Waals surface area (Å²) in [4.78, 5) is 14.2. The van der Waals surface area contributed by atoms with E-state index in [4.69, 9.17) is 4.74 Å². The van der Waals surface area contributed by atoms with E-state index in [9.17, 15) is 13.2 Å². The molecular formula is C16H24N2O4S. The molecule has 1 heterocycles. The predicted molar refractivity (Wildman–Crippen MR) is 90.2 cm³/mol. The Morgan fingerprint density at radius 1 is 1.17 bits per heavy atom. The second kappa shape index (κ2) is 7.21. The van der Waals surface area contributed by atoms with Crippen LogP contribution < -0.4 is 9.04 Å². The zero-order chi connectivity index (χ0) is 17.0. The van der Waals surface area contributed by atoms with Gasteiger partial charge in [-0.15, -0.1) is 0 Å². The van der Waals surface area contributed by atoms with Gasteiger partial charge in [-0.05, 0) is 50.5 Å². The molecule has 0 unspecified atom stereocenters. The summed E-state index contributed by atoms with van der Waals surface area (Å²) in [6, 6.07) is 6.68. The lowest BCUT2D eigenvalue weighted by atomic mass is 10.1. The number of hydrogen-bond acceptors (Lipinski definition) is 4. The number of ether oxygens (including phenoxy) is 1. The van der Waals surface area contributed by atoms with E-state index < -0.39 is 16.1 Å². The minimum absolute atomic E-state index is 0.00188. The van der Waals surface area contributed by atoms with Crippen LogP contribution in [0.2, 0.25) is 0 Å². The molecule has 0 saturated carbocycles. The Kier molecular flexibility index (Phi) is 5.51. The van der Waals surface area contributed by atoms with Gasteiger partial charge in [0.2, 0.25) is 10.0 Å². The molecule has 7 heteroatoms. The molecule has 1 aliphatic rings. The summed E-state index contributed by atoms with van der Waals surface area (Å²) in [5.74, 6) is 0.551. The van der Waals surface area contributed by atoms with Crippen LogP contribution in [-0.4, -0.2) is 51.7 Å². The number of sulfonamides is 1. The van der Waals surface area contributed by atoms with Crippen molar-refractivity contribution in [2.45, 2.75) is 32.3 Å². The van der Waals surface area contributed by atoms with Crippen molar-refractivity contribution in [1.29, 1.82) is 0 Å². The lowest BCUT2D eigenvalue weighted by Gasteiger charge is -2.29. The SMILES string of the molecule is C[C@H](Oc1ccc(N(C)S(C)(=O)=O)cc1)C(=O)N1CCCCC1. The summed E-state index contributed by atoms with van der Waals surface area (Å²) < 4.78 is 29.9. The van der Waals surface area contributed by atoms with Gasteiger partial charge in [-0.1, -0.05) is 0 Å². The van der Waals surface area contributed by atoms with E-state index in [1.165, 1.54) is 17.8 Å². The fourth-order valence-electron chi connectivity index (χ4n) is 2.55. The summed E-state index contributed by atoms with van der Waals surface area (Å²) in [5.41, 5.74) is 0.551. The molecule has 1 fully saturated rings. The van der Waals surface area contributed by atoms with Crippen molar-refractivity contribution < 1.29 is 17.9 Å². The number of benzene rings is 1. The first-order valence-electron chi connectivity index (χ1n) is 7.78. The van der Waals surface area contributed by atoms with Crippen molar-refractivity contribution in [2.75, 3.05) is 30.7 Å². The fraction of sp³-hybridized carbons (Fsp3) is 0.562. The normalized spacial score (nSPS) is 16.7. The van der Waals surface area contributed by atoms with Crippen LogP contribution >= 0.6 is 0 Å². The smallest absolute Gasteiger partial charge is 0.263 e. The van der Waals surface area contributed by atoms with Crippen LogP contribution in [0.25, 0.3) is 0 Å². The third kappa shape index (κ3) is 4.60. The van der Waals surface area contributed by atoms with Crippen molar-refractivity contribution >= 4 is 21.6 Å². The van der Waals surface area contributed by atoms with Crippen LogP contribution in [-0.2, 0) is 14.8 Å². The van der Waals surface area contributed by atoms with Crippen molar-refractivity contribution in [2.24, 2.45) is 0 Å². The molecule has 128 valence electrons. The Morgan fingerprint density at radius 2 is 1.74 bits per heavy atom. The highest BCUT2D eigenvalue weighted by Gasteiger charge is 2.23. The monoisotopic (exact) mass is 340 g/mol.